The number of hydrogen-bond acceptors (Lipinski definition) is 7. The molecule has 2 amide bonds. The Morgan fingerprint density at radius 2 is 1.82 bits per heavy atom. The highest BCUT2D eigenvalue weighted by Crippen LogP contribution is 2.36. The van der Waals surface area contributed by atoms with Gasteiger partial charge in [-0.3, -0.25) is 18.7 Å². The van der Waals surface area contributed by atoms with Gasteiger partial charge in [0.15, 0.2) is 11.4 Å². The Bertz CT molecular complexity index is 2300. The molecule has 49 heavy (non-hydrogen) atoms. The predicted octanol–water partition coefficient (Wildman–Crippen LogP) is 5.99. The summed E-state index contributed by atoms with van der Waals surface area (Å²) in [7, 11) is 0. The van der Waals surface area contributed by atoms with Crippen molar-refractivity contribution in [1.29, 1.82) is 0 Å². The number of amides is 2. The number of nitrogens with one attached hydrogen (secondary N) is 1. The molecule has 1 aliphatic heterocycles. The molecule has 1 atom stereocenters. The van der Waals surface area contributed by atoms with Gasteiger partial charge in [-0.25, -0.2) is 14.8 Å². The van der Waals surface area contributed by atoms with Crippen LogP contribution in [0.3, 0.4) is 0 Å². The van der Waals surface area contributed by atoms with Gasteiger partial charge in [0.25, 0.3) is 11.8 Å². The van der Waals surface area contributed by atoms with Crippen LogP contribution in [-0.2, 0) is 25.8 Å². The molecule has 248 valence electrons. The first-order valence-corrected chi connectivity index (χ1v) is 15.8. The van der Waals surface area contributed by atoms with E-state index in [-0.39, 0.29) is 41.1 Å². The van der Waals surface area contributed by atoms with Gasteiger partial charge in [0, 0.05) is 52.5 Å². The summed E-state index contributed by atoms with van der Waals surface area (Å²) in [5, 5.41) is 7.31. The first kappa shape index (κ1) is 32.0. The second-order valence-electron chi connectivity index (χ2n) is 11.5. The van der Waals surface area contributed by atoms with Crippen LogP contribution in [0.15, 0.2) is 99.1 Å². The fraction of sp³-hybridized carbons (Fsp3) is 0.176. The number of benzene rings is 3. The number of nitrogens with zero attached hydrogens (tertiary/aromatic N) is 6. The molecule has 0 fully saturated rings. The monoisotopic (exact) mass is 731 g/mol. The zero-order valence-corrected chi connectivity index (χ0v) is 27.2. The summed E-state index contributed by atoms with van der Waals surface area (Å²) in [6.07, 6.45) is 0.0193. The number of fused-ring (bicyclic) bond motifs is 2. The zero-order chi connectivity index (χ0) is 34.4. The Labute approximate surface area is 284 Å². The van der Waals surface area contributed by atoms with Crippen LogP contribution >= 0.6 is 15.9 Å². The quantitative estimate of drug-likeness (QED) is 0.223. The predicted molar refractivity (Wildman–Crippen MR) is 175 cm³/mol. The normalized spacial score (nSPS) is 14.6. The summed E-state index contributed by atoms with van der Waals surface area (Å²) in [5.41, 5.74) is 0.780. The van der Waals surface area contributed by atoms with Gasteiger partial charge in [0.05, 0.1) is 29.7 Å². The Morgan fingerprint density at radius 1 is 1.04 bits per heavy atom. The van der Waals surface area contributed by atoms with Crippen LogP contribution in [0, 0.1) is 0 Å². The summed E-state index contributed by atoms with van der Waals surface area (Å²) >= 11 is 2.92. The molecule has 0 saturated heterocycles. The lowest BCUT2D eigenvalue weighted by Gasteiger charge is -2.34. The number of halogens is 4. The number of rotatable bonds is 6. The standard InChI is InChI=1S/C34H25BrF3N7O4/c1-19-17-44-27(18-43(19)32(47)20-7-9-26(35)25(14-20)34(36,37)38)29(45(33(44)48)23-8-10-28-22(13-23)16-42-49-28)31(46)41-15-21-5-2-3-6-24(21)30-39-11-4-12-40-30/h2-14,16,19H,15,17-18H2,1H3,(H,41,46)/t19-/m1/s1. The van der Waals surface area contributed by atoms with Gasteiger partial charge in [-0.2, -0.15) is 13.2 Å². The number of carbonyl (C=O) groups is 2. The number of carbonyl (C=O) groups excluding carboxylic acids is 2. The molecule has 11 nitrogen and oxygen atoms in total. The van der Waals surface area contributed by atoms with Crippen LogP contribution in [0.25, 0.3) is 28.0 Å². The summed E-state index contributed by atoms with van der Waals surface area (Å²) in [5.74, 6) is -0.812. The highest BCUT2D eigenvalue weighted by atomic mass is 79.9. The van der Waals surface area contributed by atoms with Gasteiger partial charge < -0.3 is 14.7 Å². The van der Waals surface area contributed by atoms with Gasteiger partial charge in [-0.05, 0) is 55.0 Å². The summed E-state index contributed by atoms with van der Waals surface area (Å²) < 4.78 is 48.8. The first-order chi connectivity index (χ1) is 23.5. The number of imidazole rings is 1. The molecule has 0 saturated carbocycles. The van der Waals surface area contributed by atoms with Gasteiger partial charge in [-0.15, -0.1) is 0 Å². The average molecular weight is 733 g/mol. The molecule has 0 aliphatic carbocycles. The number of alkyl halides is 3. The average Bonchev–Trinajstić information content (AvgIpc) is 3.68. The van der Waals surface area contributed by atoms with Crippen LogP contribution < -0.4 is 11.0 Å². The summed E-state index contributed by atoms with van der Waals surface area (Å²) in [6.45, 7) is 1.53. The van der Waals surface area contributed by atoms with Crippen molar-refractivity contribution in [2.45, 2.75) is 38.8 Å². The fourth-order valence-corrected chi connectivity index (χ4v) is 6.46. The van der Waals surface area contributed by atoms with Crippen molar-refractivity contribution >= 4 is 38.7 Å². The van der Waals surface area contributed by atoms with E-state index in [4.69, 9.17) is 4.52 Å². The van der Waals surface area contributed by atoms with E-state index in [1.807, 2.05) is 24.3 Å². The van der Waals surface area contributed by atoms with Crippen LogP contribution in [-0.4, -0.2) is 47.0 Å². The summed E-state index contributed by atoms with van der Waals surface area (Å²) in [6, 6.07) is 16.6. The minimum atomic E-state index is -4.69. The van der Waals surface area contributed by atoms with Crippen molar-refractivity contribution in [2.24, 2.45) is 0 Å². The van der Waals surface area contributed by atoms with E-state index < -0.39 is 35.3 Å². The minimum absolute atomic E-state index is 0.000464. The van der Waals surface area contributed by atoms with Crippen LogP contribution in [0.4, 0.5) is 13.2 Å². The molecule has 0 spiro atoms. The maximum absolute atomic E-state index is 14.2. The lowest BCUT2D eigenvalue weighted by molar-refractivity contribution is -0.138. The maximum Gasteiger partial charge on any atom is 0.417 e. The Balaban J connectivity index is 1.29. The highest BCUT2D eigenvalue weighted by Gasteiger charge is 2.37. The third kappa shape index (κ3) is 5.90. The molecule has 3 aromatic carbocycles. The van der Waals surface area contributed by atoms with Crippen molar-refractivity contribution in [2.75, 3.05) is 0 Å². The van der Waals surface area contributed by atoms with E-state index in [0.717, 1.165) is 11.6 Å². The van der Waals surface area contributed by atoms with Crippen LogP contribution in [0.5, 0.6) is 0 Å². The molecule has 6 aromatic rings. The molecule has 4 heterocycles. The van der Waals surface area contributed by atoms with E-state index >= 15 is 0 Å². The Kier molecular flexibility index (Phi) is 8.14. The lowest BCUT2D eigenvalue weighted by Crippen LogP contribution is -2.47. The molecule has 1 aliphatic rings. The molecule has 7 rings (SSSR count). The molecular formula is C34H25BrF3N7O4. The van der Waals surface area contributed by atoms with Crippen LogP contribution in [0.2, 0.25) is 0 Å². The first-order valence-electron chi connectivity index (χ1n) is 15.0. The van der Waals surface area contributed by atoms with Gasteiger partial charge in [0.1, 0.15) is 5.69 Å². The largest absolute Gasteiger partial charge is 0.417 e. The molecule has 1 N–H and O–H groups in total. The number of hydrogen-bond donors (Lipinski definition) is 1. The minimum Gasteiger partial charge on any atom is -0.356 e. The molecule has 0 bridgehead atoms. The molecule has 0 radical (unpaired) electrons. The third-order valence-electron chi connectivity index (χ3n) is 8.40. The number of aromatic nitrogens is 5. The highest BCUT2D eigenvalue weighted by molar-refractivity contribution is 9.10. The van der Waals surface area contributed by atoms with Crippen LogP contribution in [0.1, 0.15) is 44.6 Å². The third-order valence-corrected chi connectivity index (χ3v) is 9.09. The van der Waals surface area contributed by atoms with E-state index in [1.165, 1.54) is 32.4 Å². The van der Waals surface area contributed by atoms with Crippen molar-refractivity contribution < 1.29 is 27.3 Å². The molecular weight excluding hydrogens is 707 g/mol. The van der Waals surface area contributed by atoms with Crippen molar-refractivity contribution in [3.8, 4) is 17.1 Å². The van der Waals surface area contributed by atoms with Gasteiger partial charge in [-0.1, -0.05) is 45.4 Å². The summed E-state index contributed by atoms with van der Waals surface area (Å²) in [4.78, 5) is 52.1. The topological polar surface area (TPSA) is 128 Å². The zero-order valence-electron chi connectivity index (χ0n) is 25.6. The molecule has 15 heteroatoms. The van der Waals surface area contributed by atoms with Gasteiger partial charge in [0.2, 0.25) is 0 Å². The second kappa shape index (κ2) is 12.5. The van der Waals surface area contributed by atoms with Crippen molar-refractivity contribution in [3.05, 3.63) is 128 Å². The second-order valence-corrected chi connectivity index (χ2v) is 12.3. The fourth-order valence-electron chi connectivity index (χ4n) is 5.99. The smallest absolute Gasteiger partial charge is 0.356 e. The Hall–Kier alpha value is -5.57. The van der Waals surface area contributed by atoms with Gasteiger partial charge >= 0.3 is 11.9 Å². The van der Waals surface area contributed by atoms with E-state index in [1.54, 1.807) is 43.6 Å². The SMILES string of the molecule is C[C@@H]1Cn2c(c(C(=O)NCc3ccccc3-c3ncccn3)n(-c3ccc4oncc4c3)c2=O)CN1C(=O)c1ccc(Br)c(C(F)(F)F)c1. The maximum atomic E-state index is 14.2. The van der Waals surface area contributed by atoms with Crippen molar-refractivity contribution in [3.63, 3.8) is 0 Å². The lowest BCUT2D eigenvalue weighted by atomic mass is 10.1. The van der Waals surface area contributed by atoms with E-state index in [9.17, 15) is 27.6 Å². The molecule has 3 aromatic heterocycles. The van der Waals surface area contributed by atoms with E-state index in [2.05, 4.69) is 36.4 Å². The Morgan fingerprint density at radius 3 is 2.59 bits per heavy atom. The molecule has 0 unspecified atom stereocenters. The van der Waals surface area contributed by atoms with E-state index in [0.29, 0.717) is 28.0 Å². The van der Waals surface area contributed by atoms with Crippen molar-refractivity contribution in [1.82, 2.24) is 34.5 Å².